The van der Waals surface area contributed by atoms with E-state index in [1.807, 2.05) is 12.1 Å². The van der Waals surface area contributed by atoms with E-state index in [1.165, 1.54) is 0 Å². The van der Waals surface area contributed by atoms with Crippen LogP contribution in [0.15, 0.2) is 24.4 Å². The number of likely N-dealkylation sites (tertiary alicyclic amines) is 1. The predicted molar refractivity (Wildman–Crippen MR) is 69.1 cm³/mol. The minimum atomic E-state index is -2.82. The van der Waals surface area contributed by atoms with Gasteiger partial charge in [0.1, 0.15) is 0 Å². The molecule has 2 fully saturated rings. The minimum Gasteiger partial charge on any atom is -0.356 e. The smallest absolute Gasteiger partial charge is 0.261 e. The number of hydrogen-bond donors (Lipinski definition) is 1. The highest BCUT2D eigenvalue weighted by molar-refractivity contribution is 5.85. The van der Waals surface area contributed by atoms with Crippen LogP contribution < -0.4 is 5.32 Å². The van der Waals surface area contributed by atoms with Crippen LogP contribution in [0.25, 0.3) is 0 Å². The van der Waals surface area contributed by atoms with Crippen molar-refractivity contribution in [3.63, 3.8) is 0 Å². The number of rotatable bonds is 2. The molecule has 2 saturated heterocycles. The van der Waals surface area contributed by atoms with Crippen molar-refractivity contribution >= 4 is 5.91 Å². The highest BCUT2D eigenvalue weighted by Crippen LogP contribution is 2.43. The molecule has 4 nitrogen and oxygen atoms in total. The van der Waals surface area contributed by atoms with Crippen LogP contribution in [0.1, 0.15) is 18.5 Å². The fourth-order valence-corrected chi connectivity index (χ4v) is 3.29. The monoisotopic (exact) mass is 281 g/mol. The zero-order valence-electron chi connectivity index (χ0n) is 11.1. The Morgan fingerprint density at radius 3 is 2.85 bits per heavy atom. The molecule has 0 saturated carbocycles. The highest BCUT2D eigenvalue weighted by Gasteiger charge is 2.54. The summed E-state index contributed by atoms with van der Waals surface area (Å²) in [5, 5.41) is 2.69. The zero-order chi connectivity index (χ0) is 14.2. The van der Waals surface area contributed by atoms with Crippen molar-refractivity contribution in [3.05, 3.63) is 30.1 Å². The Balaban J connectivity index is 1.80. The van der Waals surface area contributed by atoms with E-state index in [-0.39, 0.29) is 18.9 Å². The van der Waals surface area contributed by atoms with Gasteiger partial charge in [0.05, 0.1) is 17.7 Å². The molecule has 3 rings (SSSR count). The molecule has 0 aliphatic carbocycles. The van der Waals surface area contributed by atoms with E-state index >= 15 is 0 Å². The van der Waals surface area contributed by atoms with Gasteiger partial charge in [-0.25, -0.2) is 8.78 Å². The maximum Gasteiger partial charge on any atom is 0.261 e. The average Bonchev–Trinajstić information content (AvgIpc) is 2.69. The summed E-state index contributed by atoms with van der Waals surface area (Å²) in [6.07, 6.45) is 1.79. The van der Waals surface area contributed by atoms with Crippen molar-refractivity contribution in [1.82, 2.24) is 15.2 Å². The molecule has 0 radical (unpaired) electrons. The van der Waals surface area contributed by atoms with E-state index in [2.05, 4.69) is 10.3 Å². The Bertz CT molecular complexity index is 508. The van der Waals surface area contributed by atoms with Gasteiger partial charge in [0.2, 0.25) is 5.91 Å². The van der Waals surface area contributed by atoms with E-state index in [4.69, 9.17) is 0 Å². The number of aromatic nitrogens is 1. The third kappa shape index (κ3) is 2.52. The van der Waals surface area contributed by atoms with Gasteiger partial charge in [-0.15, -0.1) is 0 Å². The van der Waals surface area contributed by atoms with Crippen LogP contribution in [0.3, 0.4) is 0 Å². The quantitative estimate of drug-likeness (QED) is 0.892. The molecule has 20 heavy (non-hydrogen) atoms. The summed E-state index contributed by atoms with van der Waals surface area (Å²) in [7, 11) is 0. The lowest BCUT2D eigenvalue weighted by molar-refractivity contribution is -0.149. The molecular weight excluding hydrogens is 264 g/mol. The van der Waals surface area contributed by atoms with Gasteiger partial charge in [-0.2, -0.15) is 0 Å². The van der Waals surface area contributed by atoms with Gasteiger partial charge in [0.25, 0.3) is 5.92 Å². The SMILES string of the molecule is O=C1NCCC12CN(Cc1ccccn1)CC(F)(F)C2. The first-order chi connectivity index (χ1) is 9.49. The topological polar surface area (TPSA) is 45.2 Å². The lowest BCUT2D eigenvalue weighted by Gasteiger charge is -2.42. The lowest BCUT2D eigenvalue weighted by Crippen LogP contribution is -2.54. The molecule has 1 atom stereocenters. The normalized spacial score (nSPS) is 29.6. The molecule has 1 amide bonds. The summed E-state index contributed by atoms with van der Waals surface area (Å²) >= 11 is 0. The maximum absolute atomic E-state index is 14.0. The van der Waals surface area contributed by atoms with Crippen molar-refractivity contribution in [2.45, 2.75) is 25.3 Å². The zero-order valence-corrected chi connectivity index (χ0v) is 11.1. The number of alkyl halides is 2. The average molecular weight is 281 g/mol. The number of piperidine rings is 1. The highest BCUT2D eigenvalue weighted by atomic mass is 19.3. The molecule has 0 aromatic carbocycles. The van der Waals surface area contributed by atoms with Gasteiger partial charge >= 0.3 is 0 Å². The van der Waals surface area contributed by atoms with E-state index < -0.39 is 11.3 Å². The summed E-state index contributed by atoms with van der Waals surface area (Å²) in [5.74, 6) is -3.06. The predicted octanol–water partition coefficient (Wildman–Crippen LogP) is 1.43. The van der Waals surface area contributed by atoms with Crippen LogP contribution in [0, 0.1) is 5.41 Å². The van der Waals surface area contributed by atoms with Gasteiger partial charge in [-0.3, -0.25) is 14.7 Å². The standard InChI is InChI=1S/C14H17F2N3O/c15-14(16)8-13(4-6-18-12(13)20)9-19(10-14)7-11-3-1-2-5-17-11/h1-3,5H,4,6-10H2,(H,18,20). The van der Waals surface area contributed by atoms with Crippen LogP contribution in [0.2, 0.25) is 0 Å². The molecule has 2 aliphatic rings. The van der Waals surface area contributed by atoms with Crippen molar-refractivity contribution in [3.8, 4) is 0 Å². The molecule has 1 spiro atoms. The molecule has 1 unspecified atom stereocenters. The summed E-state index contributed by atoms with van der Waals surface area (Å²) < 4.78 is 28.0. The van der Waals surface area contributed by atoms with E-state index in [0.29, 0.717) is 26.1 Å². The number of nitrogens with zero attached hydrogens (tertiary/aromatic N) is 2. The van der Waals surface area contributed by atoms with Crippen LogP contribution in [-0.2, 0) is 11.3 Å². The molecule has 6 heteroatoms. The molecule has 0 bridgehead atoms. The Labute approximate surface area is 116 Å². The van der Waals surface area contributed by atoms with E-state index in [1.54, 1.807) is 17.2 Å². The number of halogens is 2. The van der Waals surface area contributed by atoms with Crippen molar-refractivity contribution in [1.29, 1.82) is 0 Å². The lowest BCUT2D eigenvalue weighted by atomic mass is 9.77. The Hall–Kier alpha value is -1.56. The number of amides is 1. The van der Waals surface area contributed by atoms with Gasteiger partial charge in [0.15, 0.2) is 0 Å². The number of carbonyl (C=O) groups is 1. The molecule has 3 heterocycles. The summed E-state index contributed by atoms with van der Waals surface area (Å²) in [4.78, 5) is 17.8. The Kier molecular flexibility index (Phi) is 3.20. The third-order valence-corrected chi connectivity index (χ3v) is 4.06. The summed E-state index contributed by atoms with van der Waals surface area (Å²) in [5.41, 5.74) is -0.185. The van der Waals surface area contributed by atoms with Crippen molar-refractivity contribution < 1.29 is 13.6 Å². The van der Waals surface area contributed by atoms with Crippen molar-refractivity contribution in [2.75, 3.05) is 19.6 Å². The summed E-state index contributed by atoms with van der Waals surface area (Å²) in [6.45, 7) is 0.918. The largest absolute Gasteiger partial charge is 0.356 e. The molecule has 108 valence electrons. The number of carbonyl (C=O) groups excluding carboxylic acids is 1. The van der Waals surface area contributed by atoms with E-state index in [0.717, 1.165) is 5.69 Å². The first-order valence-corrected chi connectivity index (χ1v) is 6.78. The van der Waals surface area contributed by atoms with Crippen LogP contribution in [-0.4, -0.2) is 41.3 Å². The second-order valence-corrected chi connectivity index (χ2v) is 5.79. The fraction of sp³-hybridized carbons (Fsp3) is 0.571. The molecule has 1 aromatic heterocycles. The fourth-order valence-electron chi connectivity index (χ4n) is 3.29. The van der Waals surface area contributed by atoms with Gasteiger partial charge < -0.3 is 5.32 Å². The number of pyridine rings is 1. The second-order valence-electron chi connectivity index (χ2n) is 5.79. The van der Waals surface area contributed by atoms with Crippen molar-refractivity contribution in [2.24, 2.45) is 5.41 Å². The maximum atomic E-state index is 14.0. The number of hydrogen-bond acceptors (Lipinski definition) is 3. The van der Waals surface area contributed by atoms with E-state index in [9.17, 15) is 13.6 Å². The minimum absolute atomic E-state index is 0.233. The molecule has 1 aromatic rings. The molecular formula is C14H17F2N3O. The van der Waals surface area contributed by atoms with Gasteiger partial charge in [-0.1, -0.05) is 6.07 Å². The molecule has 2 aliphatic heterocycles. The second kappa shape index (κ2) is 4.77. The Morgan fingerprint density at radius 2 is 2.20 bits per heavy atom. The first kappa shape index (κ1) is 13.4. The van der Waals surface area contributed by atoms with Gasteiger partial charge in [0, 0.05) is 32.3 Å². The molecule has 1 N–H and O–H groups in total. The van der Waals surface area contributed by atoms with Crippen LogP contribution in [0.5, 0.6) is 0 Å². The number of nitrogens with one attached hydrogen (secondary N) is 1. The van der Waals surface area contributed by atoms with Crippen LogP contribution in [0.4, 0.5) is 8.78 Å². The van der Waals surface area contributed by atoms with Gasteiger partial charge in [-0.05, 0) is 18.6 Å². The summed E-state index contributed by atoms with van der Waals surface area (Å²) in [6, 6.07) is 5.44. The Morgan fingerprint density at radius 1 is 1.35 bits per heavy atom. The third-order valence-electron chi connectivity index (χ3n) is 4.06. The first-order valence-electron chi connectivity index (χ1n) is 6.78. The van der Waals surface area contributed by atoms with Crippen LogP contribution >= 0.6 is 0 Å².